The van der Waals surface area contributed by atoms with Gasteiger partial charge in [-0.1, -0.05) is 36.4 Å². The van der Waals surface area contributed by atoms with Gasteiger partial charge >= 0.3 is 0 Å². The summed E-state index contributed by atoms with van der Waals surface area (Å²) in [6, 6.07) is 17.1. The van der Waals surface area contributed by atoms with Crippen LogP contribution in [0, 0.1) is 0 Å². The topological polar surface area (TPSA) is 15.3 Å². The van der Waals surface area contributed by atoms with E-state index in [4.69, 9.17) is 0 Å². The fraction of sp³-hybridized carbons (Fsp3) is 0.200. The molecule has 0 aliphatic carbocycles. The van der Waals surface area contributed by atoms with Crippen LogP contribution in [0.4, 0.5) is 11.4 Å². The lowest BCUT2D eigenvalue weighted by Gasteiger charge is -2.27. The van der Waals surface area contributed by atoms with Crippen molar-refractivity contribution in [1.82, 2.24) is 0 Å². The Morgan fingerprint density at radius 1 is 0.941 bits per heavy atom. The molecule has 0 saturated heterocycles. The lowest BCUT2D eigenvalue weighted by Crippen LogP contribution is -2.21. The summed E-state index contributed by atoms with van der Waals surface area (Å²) in [5.41, 5.74) is 5.26. The molecule has 86 valence electrons. The maximum atomic E-state index is 3.51. The summed E-state index contributed by atoms with van der Waals surface area (Å²) < 4.78 is 0. The number of nitrogens with one attached hydrogen (secondary N) is 1. The molecule has 0 amide bonds. The standard InChI is InChI=1S/C15H16N2/c1-17-11-13-7-3-2-6-12(13)10-16-14-8-4-5-9-15(14)17/h2-9,16H,10-11H2,1H3. The third kappa shape index (κ3) is 1.86. The largest absolute Gasteiger partial charge is 0.379 e. The van der Waals surface area contributed by atoms with Crippen LogP contribution in [0.1, 0.15) is 11.1 Å². The molecule has 0 atom stereocenters. The van der Waals surface area contributed by atoms with Crippen LogP contribution in [0.3, 0.4) is 0 Å². The number of rotatable bonds is 0. The fourth-order valence-electron chi connectivity index (χ4n) is 2.37. The first-order valence-corrected chi connectivity index (χ1v) is 5.95. The van der Waals surface area contributed by atoms with E-state index in [0.717, 1.165) is 13.1 Å². The van der Waals surface area contributed by atoms with Gasteiger partial charge in [-0.2, -0.15) is 0 Å². The summed E-state index contributed by atoms with van der Waals surface area (Å²) in [6.45, 7) is 1.87. The smallest absolute Gasteiger partial charge is 0.0602 e. The number of anilines is 2. The van der Waals surface area contributed by atoms with Gasteiger partial charge in [0.25, 0.3) is 0 Å². The Morgan fingerprint density at radius 3 is 2.53 bits per heavy atom. The molecule has 0 radical (unpaired) electrons. The van der Waals surface area contributed by atoms with Crippen LogP contribution in [0.2, 0.25) is 0 Å². The second-order valence-corrected chi connectivity index (χ2v) is 4.50. The Labute approximate surface area is 102 Å². The van der Waals surface area contributed by atoms with E-state index < -0.39 is 0 Å². The van der Waals surface area contributed by atoms with Gasteiger partial charge in [0.05, 0.1) is 11.4 Å². The van der Waals surface area contributed by atoms with Crippen molar-refractivity contribution in [1.29, 1.82) is 0 Å². The van der Waals surface area contributed by atoms with Crippen molar-refractivity contribution < 1.29 is 0 Å². The van der Waals surface area contributed by atoms with E-state index in [1.54, 1.807) is 0 Å². The average molecular weight is 224 g/mol. The van der Waals surface area contributed by atoms with Crippen molar-refractivity contribution in [2.75, 3.05) is 17.3 Å². The van der Waals surface area contributed by atoms with Gasteiger partial charge in [-0.05, 0) is 23.3 Å². The summed E-state index contributed by atoms with van der Waals surface area (Å²) >= 11 is 0. The molecule has 1 heterocycles. The van der Waals surface area contributed by atoms with Gasteiger partial charge in [0.1, 0.15) is 0 Å². The SMILES string of the molecule is CN1Cc2ccccc2CNc2ccccc21. The van der Waals surface area contributed by atoms with Crippen LogP contribution < -0.4 is 10.2 Å². The number of hydrogen-bond acceptors (Lipinski definition) is 2. The molecule has 2 aromatic carbocycles. The van der Waals surface area contributed by atoms with Crippen LogP contribution in [0.25, 0.3) is 0 Å². The van der Waals surface area contributed by atoms with Gasteiger partial charge in [0, 0.05) is 20.1 Å². The molecule has 0 bridgehead atoms. The van der Waals surface area contributed by atoms with E-state index in [9.17, 15) is 0 Å². The molecule has 2 nitrogen and oxygen atoms in total. The quantitative estimate of drug-likeness (QED) is 0.739. The Bertz CT molecular complexity index is 534. The van der Waals surface area contributed by atoms with E-state index in [1.807, 2.05) is 0 Å². The molecule has 0 unspecified atom stereocenters. The third-order valence-electron chi connectivity index (χ3n) is 3.31. The lowest BCUT2D eigenvalue weighted by atomic mass is 10.0. The summed E-state index contributed by atoms with van der Waals surface area (Å²) in [6.07, 6.45) is 0. The first-order chi connectivity index (χ1) is 8.34. The molecule has 2 aromatic rings. The van der Waals surface area contributed by atoms with Gasteiger partial charge < -0.3 is 10.2 Å². The van der Waals surface area contributed by atoms with Crippen LogP contribution in [-0.2, 0) is 13.1 Å². The van der Waals surface area contributed by atoms with Crippen LogP contribution in [0.5, 0.6) is 0 Å². The zero-order valence-corrected chi connectivity index (χ0v) is 9.98. The zero-order chi connectivity index (χ0) is 11.7. The minimum atomic E-state index is 0.904. The van der Waals surface area contributed by atoms with Gasteiger partial charge in [-0.25, -0.2) is 0 Å². The van der Waals surface area contributed by atoms with Crippen molar-refractivity contribution in [3.8, 4) is 0 Å². The number of para-hydroxylation sites is 2. The third-order valence-corrected chi connectivity index (χ3v) is 3.31. The molecule has 1 N–H and O–H groups in total. The molecule has 0 fully saturated rings. The highest BCUT2D eigenvalue weighted by atomic mass is 15.1. The molecular weight excluding hydrogens is 208 g/mol. The molecule has 17 heavy (non-hydrogen) atoms. The Balaban J connectivity index is 2.03. The van der Waals surface area contributed by atoms with Crippen LogP contribution >= 0.6 is 0 Å². The average Bonchev–Trinajstić information content (AvgIpc) is 2.36. The molecule has 1 aliphatic heterocycles. The molecular formula is C15H16N2. The lowest BCUT2D eigenvalue weighted by molar-refractivity contribution is 0.889. The fourth-order valence-corrected chi connectivity index (χ4v) is 2.37. The highest BCUT2D eigenvalue weighted by Gasteiger charge is 2.13. The molecule has 0 aromatic heterocycles. The van der Waals surface area contributed by atoms with E-state index in [-0.39, 0.29) is 0 Å². The normalized spacial score (nSPS) is 14.1. The minimum Gasteiger partial charge on any atom is -0.379 e. The summed E-state index contributed by atoms with van der Waals surface area (Å²) in [7, 11) is 2.14. The number of hydrogen-bond donors (Lipinski definition) is 1. The van der Waals surface area contributed by atoms with Gasteiger partial charge in [-0.3, -0.25) is 0 Å². The first kappa shape index (κ1) is 10.2. The van der Waals surface area contributed by atoms with Crippen molar-refractivity contribution in [2.24, 2.45) is 0 Å². The zero-order valence-electron chi connectivity index (χ0n) is 9.98. The van der Waals surface area contributed by atoms with Gasteiger partial charge in [-0.15, -0.1) is 0 Å². The van der Waals surface area contributed by atoms with E-state index in [1.165, 1.54) is 22.5 Å². The van der Waals surface area contributed by atoms with Crippen molar-refractivity contribution >= 4 is 11.4 Å². The monoisotopic (exact) mass is 224 g/mol. The maximum absolute atomic E-state index is 3.51. The van der Waals surface area contributed by atoms with Crippen molar-refractivity contribution in [2.45, 2.75) is 13.1 Å². The van der Waals surface area contributed by atoms with Crippen molar-refractivity contribution in [3.63, 3.8) is 0 Å². The Hall–Kier alpha value is -1.96. The van der Waals surface area contributed by atoms with Gasteiger partial charge in [0.2, 0.25) is 0 Å². The van der Waals surface area contributed by atoms with Crippen LogP contribution in [-0.4, -0.2) is 7.05 Å². The molecule has 3 rings (SSSR count). The predicted octanol–water partition coefficient (Wildman–Crippen LogP) is 3.25. The highest BCUT2D eigenvalue weighted by Crippen LogP contribution is 2.29. The van der Waals surface area contributed by atoms with Crippen LogP contribution in [0.15, 0.2) is 48.5 Å². The number of benzene rings is 2. The van der Waals surface area contributed by atoms with E-state index in [2.05, 4.69) is 65.8 Å². The highest BCUT2D eigenvalue weighted by molar-refractivity contribution is 5.70. The van der Waals surface area contributed by atoms with E-state index in [0.29, 0.717) is 0 Å². The second-order valence-electron chi connectivity index (χ2n) is 4.50. The minimum absolute atomic E-state index is 0.904. The molecule has 1 aliphatic rings. The maximum Gasteiger partial charge on any atom is 0.0602 e. The Kier molecular flexibility index (Phi) is 2.48. The first-order valence-electron chi connectivity index (χ1n) is 5.95. The summed E-state index contributed by atoms with van der Waals surface area (Å²) in [5.74, 6) is 0. The number of fused-ring (bicyclic) bond motifs is 2. The molecule has 0 saturated carbocycles. The predicted molar refractivity (Wildman–Crippen MR) is 72.3 cm³/mol. The number of nitrogens with zero attached hydrogens (tertiary/aromatic N) is 1. The van der Waals surface area contributed by atoms with Gasteiger partial charge in [0.15, 0.2) is 0 Å². The molecule has 0 spiro atoms. The Morgan fingerprint density at radius 2 is 1.65 bits per heavy atom. The van der Waals surface area contributed by atoms with E-state index >= 15 is 0 Å². The van der Waals surface area contributed by atoms with Crippen molar-refractivity contribution in [3.05, 3.63) is 59.7 Å². The molecule has 2 heteroatoms. The second kappa shape index (κ2) is 4.13. The summed E-state index contributed by atoms with van der Waals surface area (Å²) in [4.78, 5) is 2.29. The summed E-state index contributed by atoms with van der Waals surface area (Å²) in [5, 5.41) is 3.51.